The number of hydrogen-bond acceptors (Lipinski definition) is 4. The molecule has 0 radical (unpaired) electrons. The van der Waals surface area contributed by atoms with E-state index < -0.39 is 11.7 Å². The first kappa shape index (κ1) is 22.0. The maximum atomic E-state index is 12.9. The molecule has 34 heavy (non-hydrogen) atoms. The van der Waals surface area contributed by atoms with E-state index in [0.717, 1.165) is 17.8 Å². The lowest BCUT2D eigenvalue weighted by atomic mass is 10.2. The molecule has 0 saturated heterocycles. The Morgan fingerprint density at radius 3 is 2.76 bits per heavy atom. The van der Waals surface area contributed by atoms with Gasteiger partial charge in [-0.3, -0.25) is 9.48 Å². The number of carbonyl (C=O) groups excluding carboxylic acids is 1. The van der Waals surface area contributed by atoms with Crippen LogP contribution in [0.4, 0.5) is 13.2 Å². The highest BCUT2D eigenvalue weighted by Gasteiger charge is 2.30. The number of amides is 1. The lowest BCUT2D eigenvalue weighted by Crippen LogP contribution is -2.26. The van der Waals surface area contributed by atoms with Crippen molar-refractivity contribution in [1.29, 1.82) is 0 Å². The van der Waals surface area contributed by atoms with Gasteiger partial charge in [-0.15, -0.1) is 0 Å². The Kier molecular flexibility index (Phi) is 5.28. The van der Waals surface area contributed by atoms with E-state index in [0.29, 0.717) is 27.6 Å². The van der Waals surface area contributed by atoms with Gasteiger partial charge in [0.15, 0.2) is 0 Å². The Hall–Kier alpha value is -3.86. The molecule has 0 spiro atoms. The van der Waals surface area contributed by atoms with Crippen molar-refractivity contribution in [3.05, 3.63) is 89.1 Å². The highest BCUT2D eigenvalue weighted by molar-refractivity contribution is 6.30. The van der Waals surface area contributed by atoms with Crippen LogP contribution in [0.5, 0.6) is 0 Å². The van der Waals surface area contributed by atoms with Gasteiger partial charge in [-0.05, 0) is 24.3 Å². The topological polar surface area (TPSA) is 72.7 Å². The summed E-state index contributed by atoms with van der Waals surface area (Å²) in [4.78, 5) is 23.1. The molecule has 174 valence electrons. The van der Waals surface area contributed by atoms with E-state index in [4.69, 9.17) is 11.6 Å². The number of pyridine rings is 2. The second-order valence-electron chi connectivity index (χ2n) is 7.83. The van der Waals surface area contributed by atoms with Gasteiger partial charge in [-0.2, -0.15) is 18.3 Å². The summed E-state index contributed by atoms with van der Waals surface area (Å²) in [7, 11) is 1.66. The molecule has 8 nitrogen and oxygen atoms in total. The van der Waals surface area contributed by atoms with Crippen LogP contribution in [0.2, 0.25) is 5.02 Å². The maximum absolute atomic E-state index is 12.9. The summed E-state index contributed by atoms with van der Waals surface area (Å²) in [6, 6.07) is 5.84. The van der Waals surface area contributed by atoms with Gasteiger partial charge in [-0.1, -0.05) is 11.6 Å². The van der Waals surface area contributed by atoms with Crippen molar-refractivity contribution < 1.29 is 18.0 Å². The van der Waals surface area contributed by atoms with Crippen LogP contribution < -0.4 is 0 Å². The van der Waals surface area contributed by atoms with Crippen LogP contribution in [-0.4, -0.2) is 46.4 Å². The predicted molar refractivity (Wildman–Crippen MR) is 118 cm³/mol. The zero-order valence-electron chi connectivity index (χ0n) is 17.7. The number of nitrogens with zero attached hydrogens (tertiary/aromatic N) is 7. The standard InChI is InChI=1S/C22H17ClF3N7O/c1-30(12-18-19-6-16(23)4-5-31(19)13-27-18)21(34)14-7-28-33(8-14)11-17-10-32-9-15(22(24,25)26)2-3-20(32)29-17/h2-10,13H,11-12H2,1H3. The number of rotatable bonds is 5. The number of carbonyl (C=O) groups is 1. The number of hydrogen-bond donors (Lipinski definition) is 0. The van der Waals surface area contributed by atoms with E-state index in [9.17, 15) is 18.0 Å². The van der Waals surface area contributed by atoms with Crippen LogP contribution in [0, 0.1) is 0 Å². The van der Waals surface area contributed by atoms with Gasteiger partial charge in [0, 0.05) is 36.9 Å². The molecule has 0 aliphatic heterocycles. The first-order valence-corrected chi connectivity index (χ1v) is 10.5. The summed E-state index contributed by atoms with van der Waals surface area (Å²) in [5, 5.41) is 4.78. The Morgan fingerprint density at radius 1 is 1.15 bits per heavy atom. The molecule has 0 aliphatic carbocycles. The first-order valence-electron chi connectivity index (χ1n) is 10.1. The van der Waals surface area contributed by atoms with Crippen molar-refractivity contribution >= 4 is 28.7 Å². The zero-order valence-corrected chi connectivity index (χ0v) is 18.5. The second-order valence-corrected chi connectivity index (χ2v) is 8.27. The highest BCUT2D eigenvalue weighted by atomic mass is 35.5. The van der Waals surface area contributed by atoms with Gasteiger partial charge >= 0.3 is 6.18 Å². The number of aromatic nitrogens is 6. The third kappa shape index (κ3) is 4.21. The Morgan fingerprint density at radius 2 is 1.97 bits per heavy atom. The Bertz CT molecular complexity index is 1520. The van der Waals surface area contributed by atoms with E-state index in [-0.39, 0.29) is 19.0 Å². The monoisotopic (exact) mass is 487 g/mol. The number of halogens is 4. The van der Waals surface area contributed by atoms with Gasteiger partial charge in [0.05, 0.1) is 53.6 Å². The summed E-state index contributed by atoms with van der Waals surface area (Å²) >= 11 is 6.08. The minimum atomic E-state index is -4.43. The molecular formula is C22H17ClF3N7O. The Labute approximate surface area is 195 Å². The average molecular weight is 488 g/mol. The summed E-state index contributed by atoms with van der Waals surface area (Å²) in [5.74, 6) is -0.251. The quantitative estimate of drug-likeness (QED) is 0.373. The van der Waals surface area contributed by atoms with E-state index in [1.165, 1.54) is 32.4 Å². The molecular weight excluding hydrogens is 471 g/mol. The van der Waals surface area contributed by atoms with Crippen LogP contribution in [-0.2, 0) is 19.3 Å². The van der Waals surface area contributed by atoms with Gasteiger partial charge < -0.3 is 13.7 Å². The predicted octanol–water partition coefficient (Wildman–Crippen LogP) is 4.17. The van der Waals surface area contributed by atoms with Crippen molar-refractivity contribution in [3.8, 4) is 0 Å². The molecule has 0 unspecified atom stereocenters. The van der Waals surface area contributed by atoms with Crippen LogP contribution in [0.15, 0.2) is 61.6 Å². The largest absolute Gasteiger partial charge is 0.417 e. The summed E-state index contributed by atoms with van der Waals surface area (Å²) in [6.07, 6.45) is 4.54. The fourth-order valence-corrected chi connectivity index (χ4v) is 3.83. The van der Waals surface area contributed by atoms with Crippen LogP contribution in [0.1, 0.15) is 27.3 Å². The van der Waals surface area contributed by atoms with E-state index in [1.54, 1.807) is 37.9 Å². The molecule has 0 saturated carbocycles. The third-order valence-electron chi connectivity index (χ3n) is 5.35. The minimum absolute atomic E-state index is 0.199. The fraction of sp³-hybridized carbons (Fsp3) is 0.182. The molecule has 0 aliphatic rings. The minimum Gasteiger partial charge on any atom is -0.336 e. The lowest BCUT2D eigenvalue weighted by Gasteiger charge is -2.15. The SMILES string of the molecule is CN(Cc1ncn2ccc(Cl)cc12)C(=O)c1cnn(Cc2cn3cc(C(F)(F)F)ccc3n2)c1. The van der Waals surface area contributed by atoms with E-state index >= 15 is 0 Å². The first-order chi connectivity index (χ1) is 16.2. The Balaban J connectivity index is 1.30. The van der Waals surface area contributed by atoms with Crippen LogP contribution in [0.3, 0.4) is 0 Å². The number of alkyl halides is 3. The summed E-state index contributed by atoms with van der Waals surface area (Å²) < 4.78 is 43.5. The maximum Gasteiger partial charge on any atom is 0.417 e. The van der Waals surface area contributed by atoms with Crippen molar-refractivity contribution in [2.24, 2.45) is 0 Å². The number of imidazole rings is 2. The molecule has 0 aromatic carbocycles. The van der Waals surface area contributed by atoms with Crippen LogP contribution in [0.25, 0.3) is 11.2 Å². The number of fused-ring (bicyclic) bond motifs is 2. The molecule has 0 N–H and O–H groups in total. The van der Waals surface area contributed by atoms with Gasteiger partial charge in [0.1, 0.15) is 5.65 Å². The third-order valence-corrected chi connectivity index (χ3v) is 5.58. The highest BCUT2D eigenvalue weighted by Crippen LogP contribution is 2.29. The van der Waals surface area contributed by atoms with Crippen molar-refractivity contribution in [1.82, 2.24) is 33.4 Å². The van der Waals surface area contributed by atoms with E-state index in [2.05, 4.69) is 15.1 Å². The molecule has 5 rings (SSSR count). The fourth-order valence-electron chi connectivity index (χ4n) is 3.67. The van der Waals surface area contributed by atoms with Gasteiger partial charge in [0.25, 0.3) is 5.91 Å². The molecule has 5 aromatic heterocycles. The molecule has 0 fully saturated rings. The molecule has 12 heteroatoms. The normalized spacial score (nSPS) is 12.0. The van der Waals surface area contributed by atoms with Crippen molar-refractivity contribution in [2.75, 3.05) is 7.05 Å². The lowest BCUT2D eigenvalue weighted by molar-refractivity contribution is -0.137. The molecule has 5 aromatic rings. The summed E-state index contributed by atoms with van der Waals surface area (Å²) in [6.45, 7) is 0.471. The molecule has 5 heterocycles. The van der Waals surface area contributed by atoms with Crippen molar-refractivity contribution in [3.63, 3.8) is 0 Å². The van der Waals surface area contributed by atoms with Crippen molar-refractivity contribution in [2.45, 2.75) is 19.3 Å². The van der Waals surface area contributed by atoms with Gasteiger partial charge in [-0.25, -0.2) is 9.97 Å². The van der Waals surface area contributed by atoms with E-state index in [1.807, 2.05) is 4.40 Å². The zero-order chi connectivity index (χ0) is 24.0. The van der Waals surface area contributed by atoms with Gasteiger partial charge in [0.2, 0.25) is 0 Å². The smallest absolute Gasteiger partial charge is 0.336 e. The average Bonchev–Trinajstić information content (AvgIpc) is 3.50. The van der Waals surface area contributed by atoms with Crippen LogP contribution >= 0.6 is 11.6 Å². The molecule has 0 bridgehead atoms. The molecule has 0 atom stereocenters. The second kappa shape index (κ2) is 8.17. The summed E-state index contributed by atoms with van der Waals surface area (Å²) in [5.41, 5.74) is 2.02. The molecule has 1 amide bonds.